The number of carbonyl (C=O) groups excluding carboxylic acids is 4. The molecule has 1 aliphatic heterocycles. The summed E-state index contributed by atoms with van der Waals surface area (Å²) < 4.78 is 0. The van der Waals surface area contributed by atoms with Crippen LogP contribution in [0.4, 0.5) is 0 Å². The van der Waals surface area contributed by atoms with Crippen LogP contribution in [0.25, 0.3) is 0 Å². The Kier molecular flexibility index (Phi) is 3.43. The third kappa shape index (κ3) is 2.17. The first kappa shape index (κ1) is 14.6. The number of fused-ring (bicyclic) bond motifs is 1. The Morgan fingerprint density at radius 3 is 2.36 bits per heavy atom. The Hall–Kier alpha value is -2.30. The summed E-state index contributed by atoms with van der Waals surface area (Å²) >= 11 is 0. The van der Waals surface area contributed by atoms with Gasteiger partial charge in [-0.15, -0.1) is 0 Å². The lowest BCUT2D eigenvalue weighted by molar-refractivity contribution is -0.132. The van der Waals surface area contributed by atoms with Gasteiger partial charge in [-0.2, -0.15) is 0 Å². The molecule has 0 radical (unpaired) electrons. The van der Waals surface area contributed by atoms with Crippen LogP contribution in [0.5, 0.6) is 0 Å². The van der Waals surface area contributed by atoms with Gasteiger partial charge in [0.05, 0.1) is 23.6 Å². The van der Waals surface area contributed by atoms with E-state index in [1.807, 2.05) is 19.9 Å². The summed E-state index contributed by atoms with van der Waals surface area (Å²) in [5.74, 6) is -1.07. The standard InChI is InChI=1S/C17H17NO4/c1-9(2)10-3-5-12-13(7-10)17(22)18(16(12)21)14-6-4-11(19)8-15(14)20/h3,5,7,9,14H,4,6,8H2,1-2H3/t14-/m1/s1. The topological polar surface area (TPSA) is 71.5 Å². The second kappa shape index (κ2) is 5.16. The molecule has 0 N–H and O–H groups in total. The van der Waals surface area contributed by atoms with Crippen molar-refractivity contribution >= 4 is 23.4 Å². The van der Waals surface area contributed by atoms with Crippen molar-refractivity contribution in [1.82, 2.24) is 4.90 Å². The number of carbonyl (C=O) groups is 4. The zero-order valence-corrected chi connectivity index (χ0v) is 12.6. The highest BCUT2D eigenvalue weighted by Crippen LogP contribution is 2.30. The molecule has 22 heavy (non-hydrogen) atoms. The van der Waals surface area contributed by atoms with Gasteiger partial charge in [-0.3, -0.25) is 24.1 Å². The van der Waals surface area contributed by atoms with Gasteiger partial charge in [0.15, 0.2) is 5.78 Å². The number of rotatable bonds is 2. The van der Waals surface area contributed by atoms with Gasteiger partial charge in [0.1, 0.15) is 5.78 Å². The lowest BCUT2D eigenvalue weighted by atomic mass is 9.92. The van der Waals surface area contributed by atoms with E-state index < -0.39 is 17.9 Å². The molecule has 1 saturated carbocycles. The first-order valence-corrected chi connectivity index (χ1v) is 7.46. The fourth-order valence-electron chi connectivity index (χ4n) is 3.05. The van der Waals surface area contributed by atoms with Gasteiger partial charge < -0.3 is 0 Å². The van der Waals surface area contributed by atoms with Gasteiger partial charge in [-0.25, -0.2) is 0 Å². The molecule has 3 rings (SSSR count). The Morgan fingerprint density at radius 1 is 1.05 bits per heavy atom. The molecule has 2 amide bonds. The zero-order chi connectivity index (χ0) is 16.0. The van der Waals surface area contributed by atoms with Crippen LogP contribution in [-0.2, 0) is 9.59 Å². The third-order valence-electron chi connectivity index (χ3n) is 4.36. The largest absolute Gasteiger partial charge is 0.299 e. The number of amides is 2. The first-order valence-electron chi connectivity index (χ1n) is 7.46. The van der Waals surface area contributed by atoms with E-state index in [1.54, 1.807) is 12.1 Å². The smallest absolute Gasteiger partial charge is 0.262 e. The lowest BCUT2D eigenvalue weighted by Gasteiger charge is -2.27. The van der Waals surface area contributed by atoms with Gasteiger partial charge in [0, 0.05) is 6.42 Å². The van der Waals surface area contributed by atoms with E-state index in [0.717, 1.165) is 10.5 Å². The minimum absolute atomic E-state index is 0.125. The molecule has 0 aromatic heterocycles. The van der Waals surface area contributed by atoms with E-state index in [9.17, 15) is 19.2 Å². The van der Waals surface area contributed by atoms with Crippen LogP contribution in [-0.4, -0.2) is 34.3 Å². The van der Waals surface area contributed by atoms with E-state index >= 15 is 0 Å². The van der Waals surface area contributed by atoms with Crippen LogP contribution in [0.3, 0.4) is 0 Å². The molecule has 0 spiro atoms. The van der Waals surface area contributed by atoms with Crippen molar-refractivity contribution in [3.63, 3.8) is 0 Å². The van der Waals surface area contributed by atoms with Crippen LogP contribution in [0.1, 0.15) is 65.3 Å². The molecular formula is C17H17NO4. The Bertz CT molecular complexity index is 705. The van der Waals surface area contributed by atoms with Gasteiger partial charge in [0.25, 0.3) is 11.8 Å². The van der Waals surface area contributed by atoms with E-state index in [1.165, 1.54) is 0 Å². The molecule has 0 bridgehead atoms. The summed E-state index contributed by atoms with van der Waals surface area (Å²) in [7, 11) is 0. The Balaban J connectivity index is 1.96. The molecule has 1 atom stereocenters. The second-order valence-corrected chi connectivity index (χ2v) is 6.18. The van der Waals surface area contributed by atoms with Crippen molar-refractivity contribution in [3.05, 3.63) is 34.9 Å². The molecule has 0 saturated heterocycles. The third-order valence-corrected chi connectivity index (χ3v) is 4.36. The molecule has 114 valence electrons. The van der Waals surface area contributed by atoms with Crippen molar-refractivity contribution in [3.8, 4) is 0 Å². The van der Waals surface area contributed by atoms with Gasteiger partial charge in [-0.1, -0.05) is 19.9 Å². The fraction of sp³-hybridized carbons (Fsp3) is 0.412. The molecule has 1 fully saturated rings. The normalized spacial score (nSPS) is 21.8. The Labute approximate surface area is 128 Å². The van der Waals surface area contributed by atoms with E-state index in [0.29, 0.717) is 11.1 Å². The maximum atomic E-state index is 12.6. The summed E-state index contributed by atoms with van der Waals surface area (Å²) in [4.78, 5) is 49.5. The maximum Gasteiger partial charge on any atom is 0.262 e. The predicted molar refractivity (Wildman–Crippen MR) is 78.7 cm³/mol. The molecule has 0 unspecified atom stereocenters. The van der Waals surface area contributed by atoms with Crippen molar-refractivity contribution in [2.45, 2.75) is 45.1 Å². The number of hydrogen-bond donors (Lipinski definition) is 0. The number of ketones is 2. The number of imide groups is 1. The van der Waals surface area contributed by atoms with E-state index in [2.05, 4.69) is 0 Å². The number of nitrogens with zero attached hydrogens (tertiary/aromatic N) is 1. The van der Waals surface area contributed by atoms with Crippen molar-refractivity contribution in [2.24, 2.45) is 0 Å². The number of hydrogen-bond acceptors (Lipinski definition) is 4. The predicted octanol–water partition coefficient (Wildman–Crippen LogP) is 2.10. The molecule has 5 heteroatoms. The number of Topliss-reactive ketones (excluding diaryl/α,β-unsaturated/α-hetero) is 2. The minimum atomic E-state index is -0.799. The SMILES string of the molecule is CC(C)c1ccc2c(c1)C(=O)N([C@@H]1CCC(=O)CC1=O)C2=O. The molecule has 1 heterocycles. The summed E-state index contributed by atoms with van der Waals surface area (Å²) in [6, 6.07) is 4.43. The molecular weight excluding hydrogens is 282 g/mol. The van der Waals surface area contributed by atoms with Gasteiger partial charge in [-0.05, 0) is 30.0 Å². The second-order valence-electron chi connectivity index (χ2n) is 6.18. The van der Waals surface area contributed by atoms with Gasteiger partial charge >= 0.3 is 0 Å². The highest BCUT2D eigenvalue weighted by Gasteiger charge is 2.44. The average molecular weight is 299 g/mol. The number of benzene rings is 1. The van der Waals surface area contributed by atoms with Crippen molar-refractivity contribution < 1.29 is 19.2 Å². The molecule has 1 aliphatic carbocycles. The molecule has 1 aromatic rings. The van der Waals surface area contributed by atoms with Crippen LogP contribution in [0.15, 0.2) is 18.2 Å². The molecule has 5 nitrogen and oxygen atoms in total. The summed E-state index contributed by atoms with van der Waals surface area (Å²) in [6.45, 7) is 4.02. The monoisotopic (exact) mass is 299 g/mol. The van der Waals surface area contributed by atoms with Crippen LogP contribution < -0.4 is 0 Å². The summed E-state index contributed by atoms with van der Waals surface area (Å²) in [5, 5.41) is 0. The lowest BCUT2D eigenvalue weighted by Crippen LogP contribution is -2.47. The Morgan fingerprint density at radius 2 is 1.73 bits per heavy atom. The summed E-state index contributed by atoms with van der Waals surface area (Å²) in [6.07, 6.45) is 0.288. The average Bonchev–Trinajstić information content (AvgIpc) is 2.71. The van der Waals surface area contributed by atoms with Crippen molar-refractivity contribution in [1.29, 1.82) is 0 Å². The highest BCUT2D eigenvalue weighted by molar-refractivity contribution is 6.23. The van der Waals surface area contributed by atoms with Crippen LogP contribution in [0.2, 0.25) is 0 Å². The quantitative estimate of drug-likeness (QED) is 0.619. The maximum absolute atomic E-state index is 12.6. The van der Waals surface area contributed by atoms with Crippen LogP contribution >= 0.6 is 0 Å². The summed E-state index contributed by atoms with van der Waals surface area (Å²) in [5.41, 5.74) is 1.69. The van der Waals surface area contributed by atoms with E-state index in [4.69, 9.17) is 0 Å². The first-order chi connectivity index (χ1) is 10.4. The van der Waals surface area contributed by atoms with Crippen LogP contribution in [0, 0.1) is 0 Å². The molecule has 1 aromatic carbocycles. The van der Waals surface area contributed by atoms with E-state index in [-0.39, 0.29) is 36.7 Å². The zero-order valence-electron chi connectivity index (χ0n) is 12.6. The minimum Gasteiger partial charge on any atom is -0.299 e. The van der Waals surface area contributed by atoms with Crippen molar-refractivity contribution in [2.75, 3.05) is 0 Å². The fourth-order valence-corrected chi connectivity index (χ4v) is 3.05. The highest BCUT2D eigenvalue weighted by atomic mass is 16.2. The molecule has 2 aliphatic rings. The van der Waals surface area contributed by atoms with Gasteiger partial charge in [0.2, 0.25) is 0 Å².